The minimum absolute atomic E-state index is 0.318. The van der Waals surface area contributed by atoms with Crippen LogP contribution in [0.4, 0.5) is 0 Å². The van der Waals surface area contributed by atoms with Crippen molar-refractivity contribution in [2.24, 2.45) is 5.14 Å². The highest BCUT2D eigenvalue weighted by molar-refractivity contribution is 7.89. The van der Waals surface area contributed by atoms with Gasteiger partial charge in [0.15, 0.2) is 0 Å². The molecule has 1 aromatic heterocycles. The molecule has 1 heterocycles. The maximum absolute atomic E-state index is 12.1. The number of sulfonamides is 1. The Labute approximate surface area is 153 Å². The number of rotatable bonds is 2. The molecule has 1 aliphatic rings. The number of hydrogen-bond acceptors (Lipinski definition) is 5. The van der Waals surface area contributed by atoms with Gasteiger partial charge in [-0.15, -0.1) is 0 Å². The summed E-state index contributed by atoms with van der Waals surface area (Å²) >= 11 is 0. The fourth-order valence-electron chi connectivity index (χ4n) is 3.86. The summed E-state index contributed by atoms with van der Waals surface area (Å²) in [5.41, 5.74) is 4.06. The molecule has 8 heteroatoms. The van der Waals surface area contributed by atoms with Gasteiger partial charge in [0.25, 0.3) is 0 Å². The number of benzene rings is 3. The molecule has 0 spiro atoms. The van der Waals surface area contributed by atoms with E-state index in [1.54, 1.807) is 30.6 Å². The Kier molecular flexibility index (Phi) is 2.99. The number of carboxylic acid groups (broad SMARTS) is 1. The topological polar surface area (TPSA) is 123 Å². The molecule has 0 fully saturated rings. The Bertz CT molecular complexity index is 1430. The average molecular weight is 377 g/mol. The quantitative estimate of drug-likeness (QED) is 0.487. The van der Waals surface area contributed by atoms with Gasteiger partial charge in [-0.05, 0) is 39.6 Å². The molecule has 0 atom stereocenters. The Morgan fingerprint density at radius 2 is 1.78 bits per heavy atom. The van der Waals surface area contributed by atoms with Gasteiger partial charge >= 0.3 is 5.97 Å². The highest BCUT2D eigenvalue weighted by Gasteiger charge is 2.31. The van der Waals surface area contributed by atoms with Gasteiger partial charge < -0.3 is 5.11 Å². The van der Waals surface area contributed by atoms with Crippen LogP contribution in [0.15, 0.2) is 53.7 Å². The summed E-state index contributed by atoms with van der Waals surface area (Å²) in [6.07, 6.45) is 3.18. The van der Waals surface area contributed by atoms with Crippen molar-refractivity contribution in [1.29, 1.82) is 0 Å². The lowest BCUT2D eigenvalue weighted by molar-refractivity contribution is 0.0695. The normalized spacial score (nSPS) is 12.5. The van der Waals surface area contributed by atoms with Gasteiger partial charge in [-0.25, -0.2) is 18.4 Å². The molecule has 7 nitrogen and oxygen atoms in total. The van der Waals surface area contributed by atoms with Crippen LogP contribution in [0.5, 0.6) is 0 Å². The zero-order valence-corrected chi connectivity index (χ0v) is 14.5. The van der Waals surface area contributed by atoms with Gasteiger partial charge in [-0.1, -0.05) is 24.3 Å². The largest absolute Gasteiger partial charge is 0.478 e. The first-order valence-corrected chi connectivity index (χ1v) is 9.53. The lowest BCUT2D eigenvalue weighted by Gasteiger charge is -2.11. The first kappa shape index (κ1) is 15.9. The Hall–Kier alpha value is -3.36. The fourth-order valence-corrected chi connectivity index (χ4v) is 4.62. The van der Waals surface area contributed by atoms with Crippen molar-refractivity contribution in [2.75, 3.05) is 0 Å². The predicted octanol–water partition coefficient (Wildman–Crippen LogP) is 2.78. The van der Waals surface area contributed by atoms with Gasteiger partial charge in [-0.3, -0.25) is 9.97 Å². The number of primary sulfonamides is 1. The van der Waals surface area contributed by atoms with Crippen LogP contribution in [0.1, 0.15) is 10.4 Å². The molecule has 4 aromatic rings. The number of hydrogen-bond donors (Lipinski definition) is 2. The second-order valence-corrected chi connectivity index (χ2v) is 7.82. The third kappa shape index (κ3) is 2.05. The summed E-state index contributed by atoms with van der Waals surface area (Å²) in [6, 6.07) is 10.2. The minimum Gasteiger partial charge on any atom is -0.478 e. The number of fused-ring (bicyclic) bond motifs is 5. The van der Waals surface area contributed by atoms with Gasteiger partial charge in [-0.2, -0.15) is 0 Å². The van der Waals surface area contributed by atoms with Gasteiger partial charge in [0.1, 0.15) is 0 Å². The summed E-state index contributed by atoms with van der Waals surface area (Å²) in [5.74, 6) is -1.34. The summed E-state index contributed by atoms with van der Waals surface area (Å²) < 4.78 is 24.2. The van der Waals surface area contributed by atoms with Crippen molar-refractivity contribution in [2.45, 2.75) is 4.90 Å². The molecule has 0 saturated carbocycles. The maximum atomic E-state index is 12.1. The summed E-state index contributed by atoms with van der Waals surface area (Å²) in [5, 5.41) is 16.0. The van der Waals surface area contributed by atoms with E-state index < -0.39 is 20.9 Å². The minimum atomic E-state index is -4.23. The number of nitrogens with zero attached hydrogens (tertiary/aromatic N) is 2. The molecule has 5 rings (SSSR count). The first-order valence-electron chi connectivity index (χ1n) is 7.98. The number of aromatic carboxylic acids is 1. The molecular formula is C19H11N3O4S. The number of carbonyl (C=O) groups is 1. The van der Waals surface area contributed by atoms with Crippen LogP contribution in [-0.4, -0.2) is 29.5 Å². The Morgan fingerprint density at radius 3 is 2.52 bits per heavy atom. The van der Waals surface area contributed by atoms with Crippen molar-refractivity contribution in [3.8, 4) is 22.3 Å². The monoisotopic (exact) mass is 377 g/mol. The van der Waals surface area contributed by atoms with Crippen molar-refractivity contribution >= 4 is 37.8 Å². The second kappa shape index (κ2) is 5.09. The second-order valence-electron chi connectivity index (χ2n) is 6.29. The van der Waals surface area contributed by atoms with E-state index in [4.69, 9.17) is 5.14 Å². The fraction of sp³-hybridized carbons (Fsp3) is 0. The van der Waals surface area contributed by atoms with Crippen molar-refractivity contribution in [3.63, 3.8) is 0 Å². The van der Waals surface area contributed by atoms with E-state index in [2.05, 4.69) is 9.97 Å². The molecule has 27 heavy (non-hydrogen) atoms. The summed E-state index contributed by atoms with van der Waals surface area (Å²) in [7, 11) is -4.23. The first-order chi connectivity index (χ1) is 12.9. The van der Waals surface area contributed by atoms with Crippen LogP contribution in [0.3, 0.4) is 0 Å². The predicted molar refractivity (Wildman–Crippen MR) is 99.8 cm³/mol. The lowest BCUT2D eigenvalue weighted by atomic mass is 9.98. The van der Waals surface area contributed by atoms with E-state index in [-0.39, 0.29) is 5.56 Å². The van der Waals surface area contributed by atoms with E-state index in [0.717, 1.165) is 16.7 Å². The molecule has 0 saturated heterocycles. The standard InChI is InChI=1S/C19H11N3O4S/c20-27(25,26)14-8-12-9-4-5-13-18(22-7-6-21-13)16(9)10-2-1-3-11(15(10)12)17(14)19(23)24/h1-8H,(H,23,24)(H2,20,25,26). The molecule has 0 radical (unpaired) electrons. The summed E-state index contributed by atoms with van der Waals surface area (Å²) in [4.78, 5) is 20.2. The van der Waals surface area contributed by atoms with Crippen LogP contribution in [-0.2, 0) is 10.0 Å². The number of carboxylic acids is 1. The van der Waals surface area contributed by atoms with Crippen LogP contribution in [0.25, 0.3) is 44.1 Å². The zero-order valence-electron chi connectivity index (χ0n) is 13.7. The van der Waals surface area contributed by atoms with Crippen LogP contribution in [0, 0.1) is 0 Å². The highest BCUT2D eigenvalue weighted by Crippen LogP contribution is 2.51. The molecule has 0 aliphatic heterocycles. The Balaban J connectivity index is 2.05. The van der Waals surface area contributed by atoms with Crippen LogP contribution < -0.4 is 5.14 Å². The van der Waals surface area contributed by atoms with E-state index in [0.29, 0.717) is 27.4 Å². The molecule has 0 bridgehead atoms. The Morgan fingerprint density at radius 1 is 1.00 bits per heavy atom. The highest BCUT2D eigenvalue weighted by atomic mass is 32.2. The zero-order chi connectivity index (χ0) is 18.9. The molecule has 3 aromatic carbocycles. The molecular weight excluding hydrogens is 366 g/mol. The number of nitrogens with two attached hydrogens (primary N) is 1. The molecule has 0 unspecified atom stereocenters. The smallest absolute Gasteiger partial charge is 0.337 e. The average Bonchev–Trinajstić information content (AvgIpc) is 2.96. The van der Waals surface area contributed by atoms with Gasteiger partial charge in [0.05, 0.1) is 21.5 Å². The van der Waals surface area contributed by atoms with E-state index >= 15 is 0 Å². The third-order valence-corrected chi connectivity index (χ3v) is 5.78. The SMILES string of the molecule is NS(=O)(=O)c1cc2c3c(cccc3c1C(=O)O)-c1c-2ccc2nccnc12. The molecule has 0 amide bonds. The third-order valence-electron chi connectivity index (χ3n) is 4.85. The van der Waals surface area contributed by atoms with Crippen LogP contribution in [0.2, 0.25) is 0 Å². The summed E-state index contributed by atoms with van der Waals surface area (Å²) in [6.45, 7) is 0. The van der Waals surface area contributed by atoms with Crippen molar-refractivity contribution in [1.82, 2.24) is 9.97 Å². The maximum Gasteiger partial charge on any atom is 0.337 e. The molecule has 3 N–H and O–H groups in total. The lowest BCUT2D eigenvalue weighted by Crippen LogP contribution is -2.17. The van der Waals surface area contributed by atoms with E-state index in [1.165, 1.54) is 6.07 Å². The molecule has 132 valence electrons. The van der Waals surface area contributed by atoms with E-state index in [9.17, 15) is 18.3 Å². The molecule has 1 aliphatic carbocycles. The van der Waals surface area contributed by atoms with Crippen molar-refractivity contribution in [3.05, 3.63) is 54.4 Å². The van der Waals surface area contributed by atoms with E-state index in [1.807, 2.05) is 12.1 Å². The van der Waals surface area contributed by atoms with Crippen molar-refractivity contribution < 1.29 is 18.3 Å². The van der Waals surface area contributed by atoms with Gasteiger partial charge in [0.2, 0.25) is 10.0 Å². The van der Waals surface area contributed by atoms with Crippen LogP contribution >= 0.6 is 0 Å². The van der Waals surface area contributed by atoms with Gasteiger partial charge in [0, 0.05) is 18.0 Å². The number of aromatic nitrogens is 2.